The lowest BCUT2D eigenvalue weighted by Gasteiger charge is -2.37. The van der Waals surface area contributed by atoms with Crippen LogP contribution in [-0.4, -0.2) is 16.5 Å². The van der Waals surface area contributed by atoms with E-state index in [0.29, 0.717) is 11.4 Å². The third-order valence-electron chi connectivity index (χ3n) is 4.73. The molecule has 0 fully saturated rings. The summed E-state index contributed by atoms with van der Waals surface area (Å²) in [6.45, 7) is 0. The molecule has 3 aromatic carbocycles. The van der Waals surface area contributed by atoms with E-state index in [2.05, 4.69) is 51.9 Å². The normalized spacial score (nSPS) is 11.1. The first-order chi connectivity index (χ1) is 13.3. The van der Waals surface area contributed by atoms with Crippen molar-refractivity contribution in [2.45, 2.75) is 5.54 Å². The van der Waals surface area contributed by atoms with Crippen molar-refractivity contribution >= 4 is 12.1 Å². The summed E-state index contributed by atoms with van der Waals surface area (Å²) in [4.78, 5) is 11.5. The van der Waals surface area contributed by atoms with Crippen molar-refractivity contribution in [3.63, 3.8) is 0 Å². The molecular weight excluding hydrogens is 334 g/mol. The molecule has 0 radical (unpaired) electrons. The Kier molecular flexibility index (Phi) is 4.54. The zero-order valence-corrected chi connectivity index (χ0v) is 14.7. The maximum atomic E-state index is 11.5. The van der Waals surface area contributed by atoms with Crippen LogP contribution in [0.2, 0.25) is 0 Å². The molecule has 4 aromatic rings. The number of carbonyl (C=O) groups excluding carboxylic acids is 1. The van der Waals surface area contributed by atoms with Crippen molar-refractivity contribution in [1.29, 1.82) is 0 Å². The molecule has 0 atom stereocenters. The fourth-order valence-corrected chi connectivity index (χ4v) is 3.45. The van der Waals surface area contributed by atoms with Gasteiger partial charge in [0.1, 0.15) is 11.4 Å². The predicted octanol–water partition coefficient (Wildman–Crippen LogP) is 4.63. The van der Waals surface area contributed by atoms with Crippen LogP contribution in [-0.2, 0) is 5.54 Å². The molecule has 132 valence electrons. The highest BCUT2D eigenvalue weighted by Crippen LogP contribution is 2.39. The van der Waals surface area contributed by atoms with Gasteiger partial charge >= 0.3 is 0 Å². The van der Waals surface area contributed by atoms with E-state index in [1.807, 2.05) is 54.6 Å². The highest BCUT2D eigenvalue weighted by Gasteiger charge is 2.37. The van der Waals surface area contributed by atoms with Gasteiger partial charge in [0.25, 0.3) is 0 Å². The van der Waals surface area contributed by atoms with E-state index in [9.17, 15) is 4.79 Å². The summed E-state index contributed by atoms with van der Waals surface area (Å²) < 4.78 is 0. The molecule has 0 aliphatic heterocycles. The molecule has 1 heterocycles. The number of aromatic nitrogens is 2. The number of nitrogens with one attached hydrogen (secondary N) is 2. The van der Waals surface area contributed by atoms with Gasteiger partial charge in [-0.05, 0) is 16.7 Å². The SMILES string of the molecule is O=Cc1cn[nH]c1NC(c1ccccc1)(c1ccccc1)c1ccccc1. The monoisotopic (exact) mass is 353 g/mol. The Balaban J connectivity index is 2.02. The van der Waals surface area contributed by atoms with Gasteiger partial charge in [-0.2, -0.15) is 5.10 Å². The summed E-state index contributed by atoms with van der Waals surface area (Å²) in [6, 6.07) is 30.6. The number of aldehydes is 1. The van der Waals surface area contributed by atoms with Crippen LogP contribution in [0.5, 0.6) is 0 Å². The fraction of sp³-hybridized carbons (Fsp3) is 0.0435. The zero-order chi connectivity index (χ0) is 18.5. The van der Waals surface area contributed by atoms with E-state index in [1.165, 1.54) is 6.20 Å². The van der Waals surface area contributed by atoms with Crippen molar-refractivity contribution < 1.29 is 4.79 Å². The van der Waals surface area contributed by atoms with E-state index in [4.69, 9.17) is 0 Å². The molecule has 27 heavy (non-hydrogen) atoms. The molecule has 4 heteroatoms. The minimum absolute atomic E-state index is 0.488. The number of H-pyrrole nitrogens is 1. The average Bonchev–Trinajstić information content (AvgIpc) is 3.21. The highest BCUT2D eigenvalue weighted by atomic mass is 16.1. The number of rotatable bonds is 6. The highest BCUT2D eigenvalue weighted by molar-refractivity contribution is 5.83. The number of aromatic amines is 1. The molecule has 4 rings (SSSR count). The molecule has 2 N–H and O–H groups in total. The summed E-state index contributed by atoms with van der Waals surface area (Å²) in [5, 5.41) is 10.6. The van der Waals surface area contributed by atoms with Crippen molar-refractivity contribution in [3.05, 3.63) is 119 Å². The van der Waals surface area contributed by atoms with Crippen molar-refractivity contribution in [3.8, 4) is 0 Å². The van der Waals surface area contributed by atoms with Gasteiger partial charge in [0, 0.05) is 0 Å². The third-order valence-corrected chi connectivity index (χ3v) is 4.73. The standard InChI is InChI=1S/C23H19N3O/c27-17-18-16-24-26-22(18)25-23(19-10-4-1-5-11-19,20-12-6-2-7-13-20)21-14-8-3-9-15-21/h1-17H,(H2,24,25,26). The van der Waals surface area contributed by atoms with E-state index >= 15 is 0 Å². The predicted molar refractivity (Wildman–Crippen MR) is 107 cm³/mol. The van der Waals surface area contributed by atoms with Gasteiger partial charge in [-0.1, -0.05) is 91.0 Å². The van der Waals surface area contributed by atoms with Gasteiger partial charge in [0.05, 0.1) is 11.8 Å². The zero-order valence-electron chi connectivity index (χ0n) is 14.7. The number of anilines is 1. The molecule has 0 saturated carbocycles. The topological polar surface area (TPSA) is 57.8 Å². The molecule has 0 aliphatic rings. The Morgan fingerprint density at radius 3 is 1.59 bits per heavy atom. The van der Waals surface area contributed by atoms with Crippen LogP contribution in [0.25, 0.3) is 0 Å². The lowest BCUT2D eigenvalue weighted by atomic mass is 9.77. The molecule has 4 nitrogen and oxygen atoms in total. The van der Waals surface area contributed by atoms with Gasteiger partial charge < -0.3 is 5.32 Å². The Hall–Kier alpha value is -3.66. The van der Waals surface area contributed by atoms with Gasteiger partial charge in [-0.15, -0.1) is 0 Å². The number of benzene rings is 3. The summed E-state index contributed by atoms with van der Waals surface area (Å²) in [6.07, 6.45) is 2.33. The quantitative estimate of drug-likeness (QED) is 0.393. The van der Waals surface area contributed by atoms with Crippen molar-refractivity contribution in [2.75, 3.05) is 5.32 Å². The Bertz CT molecular complexity index is 915. The number of nitrogens with zero attached hydrogens (tertiary/aromatic N) is 1. The Morgan fingerprint density at radius 1 is 0.741 bits per heavy atom. The fourth-order valence-electron chi connectivity index (χ4n) is 3.45. The summed E-state index contributed by atoms with van der Waals surface area (Å²) in [5.74, 6) is 0.585. The first kappa shape index (κ1) is 16.8. The van der Waals surface area contributed by atoms with Gasteiger partial charge in [0.15, 0.2) is 6.29 Å². The van der Waals surface area contributed by atoms with Crippen LogP contribution in [0.3, 0.4) is 0 Å². The van der Waals surface area contributed by atoms with E-state index in [0.717, 1.165) is 23.0 Å². The van der Waals surface area contributed by atoms with Crippen LogP contribution in [0.15, 0.2) is 97.2 Å². The van der Waals surface area contributed by atoms with Crippen molar-refractivity contribution in [1.82, 2.24) is 10.2 Å². The number of hydrogen-bond acceptors (Lipinski definition) is 3. The van der Waals surface area contributed by atoms with Crippen LogP contribution in [0.1, 0.15) is 27.0 Å². The molecule has 0 spiro atoms. The van der Waals surface area contributed by atoms with Crippen molar-refractivity contribution in [2.24, 2.45) is 0 Å². The maximum Gasteiger partial charge on any atom is 0.155 e. The lowest BCUT2D eigenvalue weighted by molar-refractivity contribution is 0.112. The molecular formula is C23H19N3O. The van der Waals surface area contributed by atoms with Crippen LogP contribution >= 0.6 is 0 Å². The maximum absolute atomic E-state index is 11.5. The number of hydrogen-bond donors (Lipinski definition) is 2. The summed E-state index contributed by atoms with van der Waals surface area (Å²) in [7, 11) is 0. The smallest absolute Gasteiger partial charge is 0.155 e. The average molecular weight is 353 g/mol. The largest absolute Gasteiger partial charge is 0.352 e. The molecule has 0 aliphatic carbocycles. The van der Waals surface area contributed by atoms with Crippen LogP contribution in [0, 0.1) is 0 Å². The van der Waals surface area contributed by atoms with Gasteiger partial charge in [-0.3, -0.25) is 9.89 Å². The second-order valence-electron chi connectivity index (χ2n) is 6.29. The lowest BCUT2D eigenvalue weighted by Crippen LogP contribution is -2.38. The second kappa shape index (κ2) is 7.30. The van der Waals surface area contributed by atoms with Gasteiger partial charge in [-0.25, -0.2) is 0 Å². The van der Waals surface area contributed by atoms with E-state index in [1.54, 1.807) is 0 Å². The minimum atomic E-state index is -0.686. The third kappa shape index (κ3) is 3.02. The molecule has 0 amide bonds. The van der Waals surface area contributed by atoms with E-state index < -0.39 is 5.54 Å². The van der Waals surface area contributed by atoms with Gasteiger partial charge in [0.2, 0.25) is 0 Å². The molecule has 0 bridgehead atoms. The summed E-state index contributed by atoms with van der Waals surface area (Å²) >= 11 is 0. The van der Waals surface area contributed by atoms with E-state index in [-0.39, 0.29) is 0 Å². The summed E-state index contributed by atoms with van der Waals surface area (Å²) in [5.41, 5.74) is 2.99. The first-order valence-electron chi connectivity index (χ1n) is 8.78. The molecule has 0 unspecified atom stereocenters. The molecule has 1 aromatic heterocycles. The minimum Gasteiger partial charge on any atom is -0.352 e. The van der Waals surface area contributed by atoms with Crippen LogP contribution in [0.4, 0.5) is 5.82 Å². The first-order valence-corrected chi connectivity index (χ1v) is 8.78. The number of carbonyl (C=O) groups is 1. The Morgan fingerprint density at radius 2 is 1.19 bits per heavy atom. The van der Waals surface area contributed by atoms with Crippen LogP contribution < -0.4 is 5.32 Å². The Labute approximate surface area is 157 Å². The second-order valence-corrected chi connectivity index (χ2v) is 6.29. The molecule has 0 saturated heterocycles.